The van der Waals surface area contributed by atoms with Crippen molar-refractivity contribution < 1.29 is 9.90 Å². The van der Waals surface area contributed by atoms with Gasteiger partial charge in [-0.2, -0.15) is 0 Å². The van der Waals surface area contributed by atoms with Gasteiger partial charge in [0.05, 0.1) is 5.56 Å². The second kappa shape index (κ2) is 5.68. The Balaban J connectivity index is 2.18. The van der Waals surface area contributed by atoms with Crippen molar-refractivity contribution >= 4 is 16.9 Å². The number of aromatic carboxylic acids is 1. The molecule has 0 atom stereocenters. The fourth-order valence-electron chi connectivity index (χ4n) is 3.11. The molecule has 3 rings (SSSR count). The largest absolute Gasteiger partial charge is 0.478 e. The van der Waals surface area contributed by atoms with Crippen LogP contribution in [0.3, 0.4) is 0 Å². The third-order valence-electron chi connectivity index (χ3n) is 4.22. The van der Waals surface area contributed by atoms with Crippen LogP contribution in [0.25, 0.3) is 10.9 Å². The molecule has 3 nitrogen and oxygen atoms in total. The molecule has 0 saturated carbocycles. The van der Waals surface area contributed by atoms with Gasteiger partial charge < -0.3 is 9.67 Å². The lowest BCUT2D eigenvalue weighted by atomic mass is 10.1. The molecule has 0 fully saturated rings. The first-order chi connectivity index (χ1) is 10.6. The third-order valence-corrected chi connectivity index (χ3v) is 4.22. The lowest BCUT2D eigenvalue weighted by Gasteiger charge is -2.10. The zero-order valence-electron chi connectivity index (χ0n) is 12.8. The first-order valence-electron chi connectivity index (χ1n) is 7.50. The molecule has 0 radical (unpaired) electrons. The second-order valence-electron chi connectivity index (χ2n) is 5.53. The zero-order valence-corrected chi connectivity index (χ0v) is 12.8. The molecule has 22 heavy (non-hydrogen) atoms. The van der Waals surface area contributed by atoms with Crippen LogP contribution < -0.4 is 0 Å². The standard InChI is InChI=1S/C19H19NO2/c1-3-17-13(2)16-11-15(19(21)22)9-10-18(16)20(17)12-14-7-5-4-6-8-14/h4-11H,3,12H2,1-2H3,(H,21,22). The van der Waals surface area contributed by atoms with Crippen LogP contribution in [-0.2, 0) is 13.0 Å². The van der Waals surface area contributed by atoms with Gasteiger partial charge in [-0.05, 0) is 42.7 Å². The summed E-state index contributed by atoms with van der Waals surface area (Å²) in [6.07, 6.45) is 0.926. The maximum Gasteiger partial charge on any atom is 0.335 e. The summed E-state index contributed by atoms with van der Waals surface area (Å²) < 4.78 is 2.30. The van der Waals surface area contributed by atoms with E-state index in [-0.39, 0.29) is 0 Å². The molecule has 1 N–H and O–H groups in total. The molecular weight excluding hydrogens is 274 g/mol. The summed E-state index contributed by atoms with van der Waals surface area (Å²) in [5.74, 6) is -0.879. The van der Waals surface area contributed by atoms with Gasteiger partial charge in [-0.25, -0.2) is 4.79 Å². The molecule has 3 heteroatoms. The van der Waals surface area contributed by atoms with Crippen LogP contribution in [0.2, 0.25) is 0 Å². The third kappa shape index (κ3) is 2.39. The number of carboxylic acid groups (broad SMARTS) is 1. The first kappa shape index (κ1) is 14.4. The van der Waals surface area contributed by atoms with Crippen LogP contribution >= 0.6 is 0 Å². The number of nitrogens with zero attached hydrogens (tertiary/aromatic N) is 1. The Kier molecular flexibility index (Phi) is 3.72. The Bertz CT molecular complexity index is 832. The quantitative estimate of drug-likeness (QED) is 0.781. The summed E-state index contributed by atoms with van der Waals surface area (Å²) in [5, 5.41) is 10.2. The summed E-state index contributed by atoms with van der Waals surface area (Å²) in [4.78, 5) is 11.2. The highest BCUT2D eigenvalue weighted by Crippen LogP contribution is 2.28. The van der Waals surface area contributed by atoms with E-state index in [2.05, 4.69) is 30.5 Å². The number of benzene rings is 2. The van der Waals surface area contributed by atoms with Crippen molar-refractivity contribution in [1.82, 2.24) is 4.57 Å². The van der Waals surface area contributed by atoms with E-state index in [1.165, 1.54) is 16.8 Å². The van der Waals surface area contributed by atoms with E-state index in [4.69, 9.17) is 0 Å². The van der Waals surface area contributed by atoms with E-state index in [1.54, 1.807) is 12.1 Å². The number of fused-ring (bicyclic) bond motifs is 1. The van der Waals surface area contributed by atoms with E-state index in [0.717, 1.165) is 23.9 Å². The van der Waals surface area contributed by atoms with Crippen LogP contribution in [0.5, 0.6) is 0 Å². The van der Waals surface area contributed by atoms with Gasteiger partial charge in [-0.15, -0.1) is 0 Å². The minimum Gasteiger partial charge on any atom is -0.478 e. The van der Waals surface area contributed by atoms with Crippen LogP contribution in [0, 0.1) is 6.92 Å². The highest BCUT2D eigenvalue weighted by Gasteiger charge is 2.15. The number of aryl methyl sites for hydroxylation is 1. The highest BCUT2D eigenvalue weighted by molar-refractivity contribution is 5.95. The fourth-order valence-corrected chi connectivity index (χ4v) is 3.11. The number of carbonyl (C=O) groups is 1. The SMILES string of the molecule is CCc1c(C)c2cc(C(=O)O)ccc2n1Cc1ccccc1. The van der Waals surface area contributed by atoms with Crippen molar-refractivity contribution in [3.8, 4) is 0 Å². The average Bonchev–Trinajstić information content (AvgIpc) is 2.80. The van der Waals surface area contributed by atoms with Gasteiger partial charge in [0.25, 0.3) is 0 Å². The maximum atomic E-state index is 11.2. The monoisotopic (exact) mass is 293 g/mol. The molecule has 0 amide bonds. The summed E-state index contributed by atoms with van der Waals surface area (Å²) in [7, 11) is 0. The molecule has 0 aliphatic rings. The Morgan fingerprint density at radius 1 is 1.14 bits per heavy atom. The number of hydrogen-bond donors (Lipinski definition) is 1. The van der Waals surface area contributed by atoms with Crippen molar-refractivity contribution in [1.29, 1.82) is 0 Å². The number of rotatable bonds is 4. The number of aromatic nitrogens is 1. The van der Waals surface area contributed by atoms with Crippen molar-refractivity contribution in [3.05, 3.63) is 70.9 Å². The van der Waals surface area contributed by atoms with E-state index in [1.807, 2.05) is 24.3 Å². The normalized spacial score (nSPS) is 11.0. The number of hydrogen-bond acceptors (Lipinski definition) is 1. The maximum absolute atomic E-state index is 11.2. The lowest BCUT2D eigenvalue weighted by Crippen LogP contribution is -2.04. The molecule has 0 unspecified atom stereocenters. The predicted octanol–water partition coefficient (Wildman–Crippen LogP) is 4.26. The summed E-state index contributed by atoms with van der Waals surface area (Å²) in [5.41, 5.74) is 5.13. The molecule has 0 saturated heterocycles. The van der Waals surface area contributed by atoms with Gasteiger partial charge in [0, 0.05) is 23.1 Å². The van der Waals surface area contributed by atoms with Gasteiger partial charge in [0.1, 0.15) is 0 Å². The molecule has 3 aromatic rings. The van der Waals surface area contributed by atoms with Gasteiger partial charge in [0.2, 0.25) is 0 Å². The van der Waals surface area contributed by atoms with Crippen molar-refractivity contribution in [2.75, 3.05) is 0 Å². The highest BCUT2D eigenvalue weighted by atomic mass is 16.4. The molecule has 2 aromatic carbocycles. The van der Waals surface area contributed by atoms with Crippen LogP contribution in [0.4, 0.5) is 0 Å². The molecule has 0 bridgehead atoms. The second-order valence-corrected chi connectivity index (χ2v) is 5.53. The van der Waals surface area contributed by atoms with Crippen molar-refractivity contribution in [2.24, 2.45) is 0 Å². The fraction of sp³-hybridized carbons (Fsp3) is 0.211. The minimum absolute atomic E-state index is 0.343. The summed E-state index contributed by atoms with van der Waals surface area (Å²) >= 11 is 0. The Hall–Kier alpha value is -2.55. The van der Waals surface area contributed by atoms with Crippen molar-refractivity contribution in [3.63, 3.8) is 0 Å². The lowest BCUT2D eigenvalue weighted by molar-refractivity contribution is 0.0697. The van der Waals surface area contributed by atoms with E-state index in [9.17, 15) is 9.90 Å². The molecule has 0 spiro atoms. The van der Waals surface area contributed by atoms with Gasteiger partial charge in [-0.3, -0.25) is 0 Å². The molecule has 0 aliphatic heterocycles. The van der Waals surface area contributed by atoms with Crippen LogP contribution in [-0.4, -0.2) is 15.6 Å². The predicted molar refractivity (Wildman–Crippen MR) is 88.6 cm³/mol. The first-order valence-corrected chi connectivity index (χ1v) is 7.50. The smallest absolute Gasteiger partial charge is 0.335 e. The molecule has 1 aromatic heterocycles. The number of carboxylic acids is 1. The van der Waals surface area contributed by atoms with E-state index in [0.29, 0.717) is 5.56 Å². The average molecular weight is 293 g/mol. The van der Waals surface area contributed by atoms with Gasteiger partial charge in [-0.1, -0.05) is 37.3 Å². The Morgan fingerprint density at radius 2 is 1.86 bits per heavy atom. The Labute approximate surface area is 129 Å². The van der Waals surface area contributed by atoms with Gasteiger partial charge in [0.15, 0.2) is 0 Å². The van der Waals surface area contributed by atoms with Crippen LogP contribution in [0.1, 0.15) is 34.1 Å². The molecule has 112 valence electrons. The van der Waals surface area contributed by atoms with E-state index >= 15 is 0 Å². The summed E-state index contributed by atoms with van der Waals surface area (Å²) in [6.45, 7) is 5.02. The molecule has 1 heterocycles. The van der Waals surface area contributed by atoms with Crippen LogP contribution in [0.15, 0.2) is 48.5 Å². The van der Waals surface area contributed by atoms with Gasteiger partial charge >= 0.3 is 5.97 Å². The minimum atomic E-state index is -0.879. The van der Waals surface area contributed by atoms with E-state index < -0.39 is 5.97 Å². The molecular formula is C19H19NO2. The summed E-state index contributed by atoms with van der Waals surface area (Å²) in [6, 6.07) is 15.7. The Morgan fingerprint density at radius 3 is 2.50 bits per heavy atom. The molecule has 0 aliphatic carbocycles. The van der Waals surface area contributed by atoms with Crippen molar-refractivity contribution in [2.45, 2.75) is 26.8 Å². The topological polar surface area (TPSA) is 42.2 Å². The zero-order chi connectivity index (χ0) is 15.7.